The second kappa shape index (κ2) is 4.49. The van der Waals surface area contributed by atoms with Crippen LogP contribution in [-0.2, 0) is 7.05 Å². The van der Waals surface area contributed by atoms with Crippen LogP contribution in [0.25, 0.3) is 0 Å². The third-order valence-corrected chi connectivity index (χ3v) is 3.63. The monoisotopic (exact) mass is 216 g/mol. The van der Waals surface area contributed by atoms with E-state index in [4.69, 9.17) is 0 Å². The molecule has 0 fully saturated rings. The molecule has 0 aliphatic carbocycles. The van der Waals surface area contributed by atoms with Crippen molar-refractivity contribution in [2.24, 2.45) is 7.05 Å². The van der Waals surface area contributed by atoms with Crippen molar-refractivity contribution >= 4 is 11.8 Å². The highest BCUT2D eigenvalue weighted by Gasteiger charge is 2.07. The summed E-state index contributed by atoms with van der Waals surface area (Å²) in [6.45, 7) is 2.14. The smallest absolute Gasteiger partial charge is 0.196 e. The van der Waals surface area contributed by atoms with Crippen LogP contribution in [0.1, 0.15) is 5.56 Å². The van der Waals surface area contributed by atoms with Gasteiger partial charge >= 0.3 is 0 Å². The average molecular weight is 216 g/mol. The van der Waals surface area contributed by atoms with E-state index in [9.17, 15) is 0 Å². The van der Waals surface area contributed by atoms with Crippen molar-refractivity contribution < 1.29 is 4.57 Å². The van der Waals surface area contributed by atoms with Crippen molar-refractivity contribution in [3.05, 3.63) is 54.2 Å². The van der Waals surface area contributed by atoms with Crippen molar-refractivity contribution in [1.29, 1.82) is 0 Å². The van der Waals surface area contributed by atoms with Gasteiger partial charge < -0.3 is 0 Å². The highest BCUT2D eigenvalue weighted by atomic mass is 32.2. The molecule has 0 aliphatic rings. The zero-order valence-corrected chi connectivity index (χ0v) is 9.79. The van der Waals surface area contributed by atoms with Gasteiger partial charge in [-0.25, -0.2) is 0 Å². The highest BCUT2D eigenvalue weighted by molar-refractivity contribution is 7.99. The van der Waals surface area contributed by atoms with E-state index < -0.39 is 0 Å². The van der Waals surface area contributed by atoms with E-state index in [0.29, 0.717) is 0 Å². The minimum atomic E-state index is 1.26. The summed E-state index contributed by atoms with van der Waals surface area (Å²) in [5, 5.41) is 1.26. The van der Waals surface area contributed by atoms with E-state index >= 15 is 0 Å². The van der Waals surface area contributed by atoms with Gasteiger partial charge in [-0.15, -0.1) is 0 Å². The van der Waals surface area contributed by atoms with Crippen molar-refractivity contribution in [3.8, 4) is 0 Å². The number of aromatic nitrogens is 1. The van der Waals surface area contributed by atoms with Crippen LogP contribution in [0.2, 0.25) is 0 Å². The Labute approximate surface area is 94.8 Å². The minimum absolute atomic E-state index is 1.26. The molecule has 0 amide bonds. The van der Waals surface area contributed by atoms with E-state index in [2.05, 4.69) is 61.1 Å². The first-order valence-electron chi connectivity index (χ1n) is 4.95. The van der Waals surface area contributed by atoms with Crippen LogP contribution < -0.4 is 4.57 Å². The van der Waals surface area contributed by atoms with Gasteiger partial charge in [0, 0.05) is 17.0 Å². The molecule has 0 unspecified atom stereocenters. The summed E-state index contributed by atoms with van der Waals surface area (Å²) in [4.78, 5) is 1.32. The van der Waals surface area contributed by atoms with Gasteiger partial charge in [0.05, 0.1) is 0 Å². The van der Waals surface area contributed by atoms with Crippen LogP contribution in [0.4, 0.5) is 0 Å². The molecule has 0 atom stereocenters. The second-order valence-corrected chi connectivity index (χ2v) is 4.58. The lowest BCUT2D eigenvalue weighted by Gasteiger charge is -2.02. The number of hydrogen-bond donors (Lipinski definition) is 0. The van der Waals surface area contributed by atoms with Gasteiger partial charge in [0.25, 0.3) is 0 Å². The average Bonchev–Trinajstić information content (AvgIpc) is 2.24. The zero-order valence-electron chi connectivity index (χ0n) is 8.97. The van der Waals surface area contributed by atoms with Crippen LogP contribution in [0.5, 0.6) is 0 Å². The molecule has 15 heavy (non-hydrogen) atoms. The summed E-state index contributed by atoms with van der Waals surface area (Å²) in [7, 11) is 2.07. The fourth-order valence-corrected chi connectivity index (χ4v) is 2.35. The normalized spacial score (nSPS) is 10.3. The molecule has 0 N–H and O–H groups in total. The molecule has 76 valence electrons. The maximum Gasteiger partial charge on any atom is 0.244 e. The fourth-order valence-electron chi connectivity index (χ4n) is 1.40. The number of hydrogen-bond acceptors (Lipinski definition) is 1. The Kier molecular flexibility index (Phi) is 3.07. The Morgan fingerprint density at radius 2 is 1.73 bits per heavy atom. The maximum atomic E-state index is 2.16. The van der Waals surface area contributed by atoms with E-state index in [1.54, 1.807) is 11.8 Å². The third-order valence-electron chi connectivity index (χ3n) is 2.32. The fraction of sp³-hybridized carbons (Fsp3) is 0.154. The Morgan fingerprint density at radius 1 is 1.00 bits per heavy atom. The van der Waals surface area contributed by atoms with Crippen LogP contribution in [-0.4, -0.2) is 0 Å². The van der Waals surface area contributed by atoms with Crippen molar-refractivity contribution in [3.63, 3.8) is 0 Å². The number of pyridine rings is 1. The number of rotatable bonds is 2. The quantitative estimate of drug-likeness (QED) is 0.698. The topological polar surface area (TPSA) is 3.88 Å². The summed E-state index contributed by atoms with van der Waals surface area (Å²) >= 11 is 1.80. The molecule has 1 aromatic carbocycles. The van der Waals surface area contributed by atoms with Crippen LogP contribution in [0.15, 0.2) is 58.6 Å². The van der Waals surface area contributed by atoms with Crippen LogP contribution >= 0.6 is 11.8 Å². The molecule has 2 aromatic rings. The predicted octanol–water partition coefficient (Wildman–Crippen LogP) is 2.97. The lowest BCUT2D eigenvalue weighted by atomic mass is 10.2. The third kappa shape index (κ3) is 2.39. The lowest BCUT2D eigenvalue weighted by molar-refractivity contribution is -0.708. The molecule has 2 heteroatoms. The molecule has 1 nitrogen and oxygen atoms in total. The SMILES string of the molecule is Cc1ccccc1Sc1cccc[n+]1C. The maximum absolute atomic E-state index is 2.16. The van der Waals surface area contributed by atoms with E-state index in [0.717, 1.165) is 0 Å². The number of benzene rings is 1. The van der Waals surface area contributed by atoms with Gasteiger partial charge in [-0.1, -0.05) is 18.2 Å². The molecular weight excluding hydrogens is 202 g/mol. The zero-order chi connectivity index (χ0) is 10.7. The van der Waals surface area contributed by atoms with Gasteiger partial charge in [-0.05, 0) is 36.4 Å². The van der Waals surface area contributed by atoms with Crippen LogP contribution in [0, 0.1) is 6.92 Å². The van der Waals surface area contributed by atoms with Gasteiger partial charge in [0.1, 0.15) is 7.05 Å². The molecule has 0 radical (unpaired) electrons. The highest BCUT2D eigenvalue weighted by Crippen LogP contribution is 2.27. The molecule has 0 saturated carbocycles. The summed E-state index contributed by atoms with van der Waals surface area (Å²) in [6.07, 6.45) is 2.07. The van der Waals surface area contributed by atoms with Gasteiger partial charge in [-0.3, -0.25) is 0 Å². The molecule has 0 bridgehead atoms. The van der Waals surface area contributed by atoms with Gasteiger partial charge in [0.15, 0.2) is 6.20 Å². The van der Waals surface area contributed by atoms with Gasteiger partial charge in [-0.2, -0.15) is 4.57 Å². The predicted molar refractivity (Wildman–Crippen MR) is 62.9 cm³/mol. The first-order chi connectivity index (χ1) is 7.27. The molecule has 2 rings (SSSR count). The summed E-state index contributed by atoms with van der Waals surface area (Å²) in [5.41, 5.74) is 1.33. The Hall–Kier alpha value is -1.28. The lowest BCUT2D eigenvalue weighted by Crippen LogP contribution is -2.29. The Morgan fingerprint density at radius 3 is 2.47 bits per heavy atom. The summed E-state index contributed by atoms with van der Waals surface area (Å²) in [6, 6.07) is 14.7. The standard InChI is InChI=1S/C13H14NS/c1-11-7-3-4-8-12(11)15-13-9-5-6-10-14(13)2/h3-10H,1-2H3/q+1. The summed E-state index contributed by atoms with van der Waals surface area (Å²) < 4.78 is 2.14. The Balaban J connectivity index is 2.30. The van der Waals surface area contributed by atoms with Crippen molar-refractivity contribution in [2.45, 2.75) is 16.8 Å². The molecule has 1 heterocycles. The molecule has 1 aromatic heterocycles. The first-order valence-corrected chi connectivity index (χ1v) is 5.77. The molecule has 0 spiro atoms. The second-order valence-electron chi connectivity index (χ2n) is 3.52. The van der Waals surface area contributed by atoms with Crippen molar-refractivity contribution in [1.82, 2.24) is 0 Å². The molecule has 0 saturated heterocycles. The van der Waals surface area contributed by atoms with E-state index in [1.807, 2.05) is 6.07 Å². The van der Waals surface area contributed by atoms with Gasteiger partial charge in [0.2, 0.25) is 5.03 Å². The summed E-state index contributed by atoms with van der Waals surface area (Å²) in [5.74, 6) is 0. The Bertz CT molecular complexity index is 422. The first kappa shape index (κ1) is 10.2. The van der Waals surface area contributed by atoms with E-state index in [-0.39, 0.29) is 0 Å². The van der Waals surface area contributed by atoms with Crippen molar-refractivity contribution in [2.75, 3.05) is 0 Å². The van der Waals surface area contributed by atoms with Crippen LogP contribution in [0.3, 0.4) is 0 Å². The minimum Gasteiger partial charge on any atom is -0.196 e. The number of nitrogens with zero attached hydrogens (tertiary/aromatic N) is 1. The van der Waals surface area contributed by atoms with E-state index in [1.165, 1.54) is 15.5 Å². The molecule has 0 aliphatic heterocycles. The number of aryl methyl sites for hydroxylation is 2. The molecular formula is C13H14NS+. The largest absolute Gasteiger partial charge is 0.244 e.